The van der Waals surface area contributed by atoms with E-state index in [-0.39, 0.29) is 6.04 Å². The summed E-state index contributed by atoms with van der Waals surface area (Å²) < 4.78 is 7.76. The van der Waals surface area contributed by atoms with E-state index in [2.05, 4.69) is 25.8 Å². The molecule has 0 aliphatic carbocycles. The fourth-order valence-electron chi connectivity index (χ4n) is 1.71. The van der Waals surface area contributed by atoms with Crippen LogP contribution in [0.15, 0.2) is 24.5 Å². The smallest absolute Gasteiger partial charge is 0.179 e. The van der Waals surface area contributed by atoms with Crippen LogP contribution in [0.4, 0.5) is 0 Å². The maximum atomic E-state index is 5.87. The van der Waals surface area contributed by atoms with Gasteiger partial charge in [-0.2, -0.15) is 0 Å². The molecule has 2 aromatic heterocycles. The first-order valence-corrected chi connectivity index (χ1v) is 6.47. The third kappa shape index (κ3) is 2.64. The van der Waals surface area contributed by atoms with Crippen LogP contribution in [0.3, 0.4) is 0 Å². The van der Waals surface area contributed by atoms with Gasteiger partial charge in [0.1, 0.15) is 6.61 Å². The maximum absolute atomic E-state index is 5.87. The molecule has 0 saturated heterocycles. The Labute approximate surface area is 108 Å². The van der Waals surface area contributed by atoms with Gasteiger partial charge in [0.2, 0.25) is 0 Å². The molecular formula is C14H21N3O. The molecule has 98 valence electrons. The highest BCUT2D eigenvalue weighted by Gasteiger charge is 2.10. The summed E-state index contributed by atoms with van der Waals surface area (Å²) in [5, 5.41) is 0. The van der Waals surface area contributed by atoms with Gasteiger partial charge >= 0.3 is 0 Å². The van der Waals surface area contributed by atoms with E-state index in [0.29, 0.717) is 12.5 Å². The number of pyridine rings is 1. The van der Waals surface area contributed by atoms with Gasteiger partial charge in [-0.3, -0.25) is 0 Å². The maximum Gasteiger partial charge on any atom is 0.179 e. The Hall–Kier alpha value is -1.55. The van der Waals surface area contributed by atoms with Crippen LogP contribution < -0.4 is 10.5 Å². The number of nitrogens with zero attached hydrogens (tertiary/aromatic N) is 2. The van der Waals surface area contributed by atoms with Crippen LogP contribution in [-0.4, -0.2) is 22.0 Å². The highest BCUT2D eigenvalue weighted by atomic mass is 16.5. The molecule has 0 bridgehead atoms. The van der Waals surface area contributed by atoms with Crippen molar-refractivity contribution in [1.29, 1.82) is 0 Å². The number of aromatic nitrogens is 2. The number of ether oxygens (including phenoxy) is 1. The number of fused-ring (bicyclic) bond motifs is 1. The Balaban J connectivity index is 2.27. The summed E-state index contributed by atoms with van der Waals surface area (Å²) in [5.74, 6) is 1.21. The number of hydrogen-bond acceptors (Lipinski definition) is 3. The van der Waals surface area contributed by atoms with E-state index in [9.17, 15) is 0 Å². The van der Waals surface area contributed by atoms with Crippen molar-refractivity contribution in [3.63, 3.8) is 0 Å². The Kier molecular flexibility index (Phi) is 3.87. The highest BCUT2D eigenvalue weighted by molar-refractivity contribution is 5.54. The lowest BCUT2D eigenvalue weighted by atomic mass is 10.2. The van der Waals surface area contributed by atoms with Crippen LogP contribution in [0, 0.1) is 0 Å². The van der Waals surface area contributed by atoms with Crippen LogP contribution in [0.1, 0.15) is 38.8 Å². The van der Waals surface area contributed by atoms with Crippen molar-refractivity contribution in [1.82, 2.24) is 9.38 Å². The van der Waals surface area contributed by atoms with Gasteiger partial charge in [0, 0.05) is 18.4 Å². The molecular weight excluding hydrogens is 226 g/mol. The van der Waals surface area contributed by atoms with Crippen LogP contribution in [-0.2, 0) is 0 Å². The number of rotatable bonds is 5. The van der Waals surface area contributed by atoms with E-state index in [1.165, 1.54) is 0 Å². The Morgan fingerprint density at radius 2 is 2.22 bits per heavy atom. The minimum atomic E-state index is 0.0739. The lowest BCUT2D eigenvalue weighted by Gasteiger charge is -2.11. The SMILES string of the molecule is CCC(N)COc1cccn2cc(C(C)C)nc12. The minimum Gasteiger partial charge on any atom is -0.488 e. The Bertz CT molecular complexity index is 519. The van der Waals surface area contributed by atoms with Gasteiger partial charge in [0.15, 0.2) is 11.4 Å². The number of imidazole rings is 1. The quantitative estimate of drug-likeness (QED) is 0.883. The Morgan fingerprint density at radius 3 is 2.89 bits per heavy atom. The summed E-state index contributed by atoms with van der Waals surface area (Å²) in [6.45, 7) is 6.85. The van der Waals surface area contributed by atoms with Gasteiger partial charge in [-0.05, 0) is 24.5 Å². The molecule has 1 unspecified atom stereocenters. The van der Waals surface area contributed by atoms with Gasteiger partial charge in [-0.1, -0.05) is 20.8 Å². The minimum absolute atomic E-state index is 0.0739. The molecule has 0 spiro atoms. The van der Waals surface area contributed by atoms with Gasteiger partial charge < -0.3 is 14.9 Å². The molecule has 0 saturated carbocycles. The largest absolute Gasteiger partial charge is 0.488 e. The lowest BCUT2D eigenvalue weighted by molar-refractivity contribution is 0.287. The van der Waals surface area contributed by atoms with Gasteiger partial charge in [0.25, 0.3) is 0 Å². The third-order valence-corrected chi connectivity index (χ3v) is 3.03. The first-order valence-electron chi connectivity index (χ1n) is 6.47. The molecule has 0 amide bonds. The van der Waals surface area contributed by atoms with E-state index in [0.717, 1.165) is 23.5 Å². The number of hydrogen-bond donors (Lipinski definition) is 1. The molecule has 0 aliphatic rings. The second kappa shape index (κ2) is 5.40. The first kappa shape index (κ1) is 12.9. The van der Waals surface area contributed by atoms with Crippen molar-refractivity contribution in [2.24, 2.45) is 5.73 Å². The van der Waals surface area contributed by atoms with Crippen molar-refractivity contribution in [2.75, 3.05) is 6.61 Å². The standard InChI is InChI=1S/C14H21N3O/c1-4-11(15)9-18-13-6-5-7-17-8-12(10(2)3)16-14(13)17/h5-8,10-11H,4,9,15H2,1-3H3. The van der Waals surface area contributed by atoms with Crippen molar-refractivity contribution in [3.05, 3.63) is 30.2 Å². The molecule has 0 aromatic carbocycles. The van der Waals surface area contributed by atoms with E-state index in [1.54, 1.807) is 0 Å². The van der Waals surface area contributed by atoms with Gasteiger partial charge in [-0.15, -0.1) is 0 Å². The van der Waals surface area contributed by atoms with Gasteiger partial charge in [-0.25, -0.2) is 4.98 Å². The molecule has 2 aromatic rings. The highest BCUT2D eigenvalue weighted by Crippen LogP contribution is 2.22. The Morgan fingerprint density at radius 1 is 1.44 bits per heavy atom. The fraction of sp³-hybridized carbons (Fsp3) is 0.500. The number of nitrogens with two attached hydrogens (primary N) is 1. The topological polar surface area (TPSA) is 52.5 Å². The molecule has 0 radical (unpaired) electrons. The lowest BCUT2D eigenvalue weighted by Crippen LogP contribution is -2.26. The van der Waals surface area contributed by atoms with Crippen molar-refractivity contribution >= 4 is 5.65 Å². The normalized spacial score (nSPS) is 13.2. The molecule has 4 heteroatoms. The van der Waals surface area contributed by atoms with Crippen LogP contribution in [0.25, 0.3) is 5.65 Å². The predicted octanol–water partition coefficient (Wildman–Crippen LogP) is 2.57. The molecule has 0 aliphatic heterocycles. The van der Waals surface area contributed by atoms with E-state index in [1.807, 2.05) is 28.9 Å². The average molecular weight is 247 g/mol. The summed E-state index contributed by atoms with van der Waals surface area (Å²) in [5.41, 5.74) is 7.81. The van der Waals surface area contributed by atoms with E-state index in [4.69, 9.17) is 10.5 Å². The first-order chi connectivity index (χ1) is 8.61. The fourth-order valence-corrected chi connectivity index (χ4v) is 1.71. The molecule has 4 nitrogen and oxygen atoms in total. The summed E-state index contributed by atoms with van der Waals surface area (Å²) in [4.78, 5) is 4.61. The van der Waals surface area contributed by atoms with Crippen LogP contribution in [0.5, 0.6) is 5.75 Å². The van der Waals surface area contributed by atoms with Crippen molar-refractivity contribution in [2.45, 2.75) is 39.2 Å². The second-order valence-electron chi connectivity index (χ2n) is 4.90. The van der Waals surface area contributed by atoms with Crippen molar-refractivity contribution in [3.8, 4) is 5.75 Å². The molecule has 18 heavy (non-hydrogen) atoms. The summed E-state index contributed by atoms with van der Waals surface area (Å²) in [6.07, 6.45) is 4.95. The van der Waals surface area contributed by atoms with Crippen LogP contribution >= 0.6 is 0 Å². The van der Waals surface area contributed by atoms with Crippen molar-refractivity contribution < 1.29 is 4.74 Å². The molecule has 1 atom stereocenters. The van der Waals surface area contributed by atoms with Gasteiger partial charge in [0.05, 0.1) is 5.69 Å². The average Bonchev–Trinajstić information content (AvgIpc) is 2.80. The zero-order valence-corrected chi connectivity index (χ0v) is 11.3. The third-order valence-electron chi connectivity index (χ3n) is 3.03. The summed E-state index contributed by atoms with van der Waals surface area (Å²) in [7, 11) is 0. The zero-order chi connectivity index (χ0) is 13.1. The van der Waals surface area contributed by atoms with E-state index < -0.39 is 0 Å². The monoisotopic (exact) mass is 247 g/mol. The van der Waals surface area contributed by atoms with Crippen LogP contribution in [0.2, 0.25) is 0 Å². The molecule has 0 fully saturated rings. The zero-order valence-electron chi connectivity index (χ0n) is 11.3. The van der Waals surface area contributed by atoms with E-state index >= 15 is 0 Å². The summed E-state index contributed by atoms with van der Waals surface area (Å²) >= 11 is 0. The summed E-state index contributed by atoms with van der Waals surface area (Å²) in [6, 6.07) is 3.98. The predicted molar refractivity (Wildman–Crippen MR) is 73.0 cm³/mol. The second-order valence-corrected chi connectivity index (χ2v) is 4.90. The molecule has 2 N–H and O–H groups in total. The molecule has 2 rings (SSSR count). The molecule has 2 heterocycles.